The lowest BCUT2D eigenvalue weighted by molar-refractivity contribution is 0.289. The van der Waals surface area contributed by atoms with Gasteiger partial charge in [0.1, 0.15) is 12.4 Å². The number of aromatic nitrogens is 2. The molecule has 1 heterocycles. The maximum atomic E-state index is 8.86. The van der Waals surface area contributed by atoms with Crippen molar-refractivity contribution in [2.24, 2.45) is 0 Å². The summed E-state index contributed by atoms with van der Waals surface area (Å²) in [6.07, 6.45) is 0. The van der Waals surface area contributed by atoms with Gasteiger partial charge in [-0.15, -0.1) is 0 Å². The minimum atomic E-state index is 0.474. The van der Waals surface area contributed by atoms with Gasteiger partial charge < -0.3 is 4.74 Å². The van der Waals surface area contributed by atoms with E-state index in [-0.39, 0.29) is 0 Å². The SMILES string of the molecule is Cc1cc(-c2ccccc2)nn1CCOc1[c]c(C#N)ccc1. The van der Waals surface area contributed by atoms with Gasteiger partial charge in [0.25, 0.3) is 0 Å². The van der Waals surface area contributed by atoms with E-state index in [1.807, 2.05) is 41.9 Å². The second-order valence-corrected chi connectivity index (χ2v) is 5.15. The Morgan fingerprint density at radius 2 is 2.00 bits per heavy atom. The zero-order valence-electron chi connectivity index (χ0n) is 12.9. The summed E-state index contributed by atoms with van der Waals surface area (Å²) in [4.78, 5) is 0. The lowest BCUT2D eigenvalue weighted by atomic mass is 10.1. The zero-order chi connectivity index (χ0) is 16.1. The van der Waals surface area contributed by atoms with Crippen LogP contribution in [0.3, 0.4) is 0 Å². The molecule has 0 saturated heterocycles. The van der Waals surface area contributed by atoms with Crippen molar-refractivity contribution >= 4 is 0 Å². The summed E-state index contributed by atoms with van der Waals surface area (Å²) in [5.41, 5.74) is 3.62. The number of nitriles is 1. The fourth-order valence-corrected chi connectivity index (χ4v) is 2.33. The van der Waals surface area contributed by atoms with E-state index in [0.717, 1.165) is 17.0 Å². The predicted octanol–water partition coefficient (Wildman–Crippen LogP) is 3.61. The number of benzene rings is 2. The maximum absolute atomic E-state index is 8.86. The molecule has 0 saturated carbocycles. The lowest BCUT2D eigenvalue weighted by Crippen LogP contribution is -2.10. The van der Waals surface area contributed by atoms with E-state index in [1.165, 1.54) is 0 Å². The summed E-state index contributed by atoms with van der Waals surface area (Å²) >= 11 is 0. The molecule has 0 aliphatic heterocycles. The summed E-state index contributed by atoms with van der Waals surface area (Å²) in [5.74, 6) is 0.581. The Morgan fingerprint density at radius 3 is 2.78 bits per heavy atom. The van der Waals surface area contributed by atoms with Crippen molar-refractivity contribution in [1.82, 2.24) is 9.78 Å². The highest BCUT2D eigenvalue weighted by Crippen LogP contribution is 2.18. The molecular weight excluding hydrogens is 286 g/mol. The first-order valence-electron chi connectivity index (χ1n) is 7.41. The molecule has 4 heteroatoms. The highest BCUT2D eigenvalue weighted by atomic mass is 16.5. The van der Waals surface area contributed by atoms with Crippen molar-refractivity contribution in [2.45, 2.75) is 13.5 Å². The monoisotopic (exact) mass is 302 g/mol. The topological polar surface area (TPSA) is 50.8 Å². The zero-order valence-corrected chi connectivity index (χ0v) is 12.9. The first-order chi connectivity index (χ1) is 11.3. The Labute approximate surface area is 135 Å². The minimum absolute atomic E-state index is 0.474. The fourth-order valence-electron chi connectivity index (χ4n) is 2.33. The Bertz CT molecular complexity index is 831. The van der Waals surface area contributed by atoms with Crippen molar-refractivity contribution in [3.8, 4) is 23.1 Å². The van der Waals surface area contributed by atoms with E-state index >= 15 is 0 Å². The molecular formula is C19H16N3O. The Balaban J connectivity index is 1.65. The van der Waals surface area contributed by atoms with Gasteiger partial charge in [0.15, 0.2) is 0 Å². The molecule has 0 fully saturated rings. The first kappa shape index (κ1) is 14.9. The summed E-state index contributed by atoms with van der Waals surface area (Å²) in [7, 11) is 0. The number of hydrogen-bond donors (Lipinski definition) is 0. The van der Waals surface area contributed by atoms with Crippen LogP contribution in [0.5, 0.6) is 5.75 Å². The molecule has 3 rings (SSSR count). The van der Waals surface area contributed by atoms with Gasteiger partial charge in [-0.25, -0.2) is 0 Å². The summed E-state index contributed by atoms with van der Waals surface area (Å²) in [5, 5.41) is 13.5. The highest BCUT2D eigenvalue weighted by Gasteiger charge is 2.06. The second kappa shape index (κ2) is 6.80. The van der Waals surface area contributed by atoms with E-state index in [4.69, 9.17) is 10.00 Å². The number of rotatable bonds is 5. The van der Waals surface area contributed by atoms with Gasteiger partial charge >= 0.3 is 0 Å². The fraction of sp³-hybridized carbons (Fsp3) is 0.158. The van der Waals surface area contributed by atoms with Crippen LogP contribution in [0.2, 0.25) is 0 Å². The van der Waals surface area contributed by atoms with Crippen molar-refractivity contribution < 1.29 is 4.74 Å². The number of hydrogen-bond acceptors (Lipinski definition) is 3. The smallest absolute Gasteiger partial charge is 0.128 e. The first-order valence-corrected chi connectivity index (χ1v) is 7.41. The van der Waals surface area contributed by atoms with Gasteiger partial charge in [-0.1, -0.05) is 36.4 Å². The molecule has 113 valence electrons. The minimum Gasteiger partial charge on any atom is -0.491 e. The van der Waals surface area contributed by atoms with Crippen LogP contribution < -0.4 is 4.74 Å². The van der Waals surface area contributed by atoms with Gasteiger partial charge in [0.2, 0.25) is 0 Å². The van der Waals surface area contributed by atoms with Crippen LogP contribution in [-0.2, 0) is 6.54 Å². The van der Waals surface area contributed by atoms with E-state index in [2.05, 4.69) is 23.3 Å². The molecule has 0 atom stereocenters. The van der Waals surface area contributed by atoms with Gasteiger partial charge in [-0.3, -0.25) is 4.68 Å². The molecule has 4 nitrogen and oxygen atoms in total. The van der Waals surface area contributed by atoms with Gasteiger partial charge in [0.05, 0.1) is 23.9 Å². The summed E-state index contributed by atoms with van der Waals surface area (Å²) < 4.78 is 7.58. The molecule has 1 aromatic heterocycles. The number of nitrogens with zero attached hydrogens (tertiary/aromatic N) is 3. The third kappa shape index (κ3) is 3.58. The van der Waals surface area contributed by atoms with Crippen molar-refractivity contribution in [1.29, 1.82) is 5.26 Å². The van der Waals surface area contributed by atoms with Crippen molar-refractivity contribution in [3.05, 3.63) is 71.9 Å². The molecule has 0 aliphatic carbocycles. The van der Waals surface area contributed by atoms with Gasteiger partial charge in [-0.2, -0.15) is 10.4 Å². The molecule has 0 spiro atoms. The van der Waals surface area contributed by atoms with E-state index in [9.17, 15) is 0 Å². The Kier molecular flexibility index (Phi) is 4.39. The quantitative estimate of drug-likeness (QED) is 0.723. The second-order valence-electron chi connectivity index (χ2n) is 5.15. The average Bonchev–Trinajstić information content (AvgIpc) is 2.97. The largest absolute Gasteiger partial charge is 0.491 e. The van der Waals surface area contributed by atoms with Crippen LogP contribution in [-0.4, -0.2) is 16.4 Å². The van der Waals surface area contributed by atoms with Crippen LogP contribution in [0, 0.1) is 24.3 Å². The highest BCUT2D eigenvalue weighted by molar-refractivity contribution is 5.58. The summed E-state index contributed by atoms with van der Waals surface area (Å²) in [6, 6.07) is 22.4. The van der Waals surface area contributed by atoms with Gasteiger partial charge in [0, 0.05) is 17.3 Å². The van der Waals surface area contributed by atoms with E-state index in [1.54, 1.807) is 18.2 Å². The Hall–Kier alpha value is -3.06. The van der Waals surface area contributed by atoms with Crippen molar-refractivity contribution in [3.63, 3.8) is 0 Å². The molecule has 0 N–H and O–H groups in total. The van der Waals surface area contributed by atoms with Crippen LogP contribution in [0.25, 0.3) is 11.3 Å². The van der Waals surface area contributed by atoms with E-state index < -0.39 is 0 Å². The van der Waals surface area contributed by atoms with Crippen LogP contribution >= 0.6 is 0 Å². The Morgan fingerprint density at radius 1 is 1.17 bits per heavy atom. The number of ether oxygens (including phenoxy) is 1. The molecule has 3 aromatic rings. The number of aryl methyl sites for hydroxylation is 1. The predicted molar refractivity (Wildman–Crippen MR) is 87.9 cm³/mol. The molecule has 0 bridgehead atoms. The maximum Gasteiger partial charge on any atom is 0.128 e. The lowest BCUT2D eigenvalue weighted by Gasteiger charge is -2.07. The molecule has 23 heavy (non-hydrogen) atoms. The molecule has 2 aromatic carbocycles. The van der Waals surface area contributed by atoms with E-state index in [0.29, 0.717) is 24.5 Å². The molecule has 1 radical (unpaired) electrons. The van der Waals surface area contributed by atoms with Crippen molar-refractivity contribution in [2.75, 3.05) is 6.61 Å². The third-order valence-electron chi connectivity index (χ3n) is 3.50. The standard InChI is InChI=1S/C19H16N3O/c1-15-12-19(17-7-3-2-4-8-17)21-22(15)10-11-23-18-9-5-6-16(13-18)14-20/h2-9,12H,10-11H2,1H3. The molecule has 0 unspecified atom stereocenters. The summed E-state index contributed by atoms with van der Waals surface area (Å²) in [6.45, 7) is 3.15. The molecule has 0 aliphatic rings. The van der Waals surface area contributed by atoms with Gasteiger partial charge in [-0.05, 0) is 25.1 Å². The molecule has 0 amide bonds. The normalized spacial score (nSPS) is 10.3. The van der Waals surface area contributed by atoms with Crippen LogP contribution in [0.1, 0.15) is 11.3 Å². The average molecular weight is 302 g/mol. The van der Waals surface area contributed by atoms with Crippen LogP contribution in [0.4, 0.5) is 0 Å². The van der Waals surface area contributed by atoms with Crippen LogP contribution in [0.15, 0.2) is 54.6 Å². The third-order valence-corrected chi connectivity index (χ3v) is 3.50.